The molecule has 0 saturated carbocycles. The maximum absolute atomic E-state index is 11.9. The zero-order valence-corrected chi connectivity index (χ0v) is 11.6. The minimum atomic E-state index is -4.19. The average molecular weight is 291 g/mol. The maximum atomic E-state index is 11.9. The lowest BCUT2D eigenvalue weighted by molar-refractivity contribution is -0.145. The molecule has 3 nitrogen and oxygen atoms in total. The highest BCUT2D eigenvalue weighted by Crippen LogP contribution is 2.20. The summed E-state index contributed by atoms with van der Waals surface area (Å²) < 4.78 is 46.2. The summed E-state index contributed by atoms with van der Waals surface area (Å²) >= 11 is 0. The molecule has 0 saturated heterocycles. The Balaban J connectivity index is 2.38. The number of ether oxygens (including phenoxy) is 2. The lowest BCUT2D eigenvalue weighted by Gasteiger charge is -2.15. The maximum Gasteiger partial charge on any atom is 0.391 e. The fourth-order valence-corrected chi connectivity index (χ4v) is 1.56. The molecule has 0 aliphatic rings. The second-order valence-electron chi connectivity index (χ2n) is 4.78. The second-order valence-corrected chi connectivity index (χ2v) is 4.78. The fourth-order valence-electron chi connectivity index (χ4n) is 1.56. The Labute approximate surface area is 116 Å². The van der Waals surface area contributed by atoms with Crippen LogP contribution in [0.25, 0.3) is 0 Å². The van der Waals surface area contributed by atoms with Gasteiger partial charge in [0.25, 0.3) is 0 Å². The molecule has 0 aromatic heterocycles. The molecule has 1 aromatic rings. The van der Waals surface area contributed by atoms with E-state index in [1.807, 2.05) is 13.8 Å². The summed E-state index contributed by atoms with van der Waals surface area (Å²) in [6.45, 7) is 3.54. The van der Waals surface area contributed by atoms with Crippen molar-refractivity contribution in [3.05, 3.63) is 29.8 Å². The van der Waals surface area contributed by atoms with Gasteiger partial charge in [-0.15, -0.1) is 0 Å². The molecule has 0 bridgehead atoms. The normalized spacial score (nSPS) is 13.6. The van der Waals surface area contributed by atoms with E-state index in [1.54, 1.807) is 24.3 Å². The van der Waals surface area contributed by atoms with E-state index in [0.717, 1.165) is 11.3 Å². The number of benzene rings is 1. The lowest BCUT2D eigenvalue weighted by atomic mass is 10.1. The third-order valence-corrected chi connectivity index (χ3v) is 2.51. The molecular weight excluding hydrogens is 271 g/mol. The van der Waals surface area contributed by atoms with Gasteiger partial charge in [0.05, 0.1) is 31.8 Å². The van der Waals surface area contributed by atoms with Crippen LogP contribution in [-0.4, -0.2) is 25.5 Å². The molecule has 0 heterocycles. The minimum absolute atomic E-state index is 0.0560. The van der Waals surface area contributed by atoms with Crippen LogP contribution < -0.4 is 10.5 Å². The third kappa shape index (κ3) is 6.77. The number of hydrogen-bond acceptors (Lipinski definition) is 3. The van der Waals surface area contributed by atoms with Gasteiger partial charge in [-0.3, -0.25) is 0 Å². The van der Waals surface area contributed by atoms with Crippen molar-refractivity contribution in [3.8, 4) is 5.75 Å². The SMILES string of the molecule is CC(C)Oc1ccc(C(N)COCCC(F)(F)F)cc1. The quantitative estimate of drug-likeness (QED) is 0.783. The van der Waals surface area contributed by atoms with Crippen molar-refractivity contribution >= 4 is 0 Å². The van der Waals surface area contributed by atoms with Crippen LogP contribution in [0.5, 0.6) is 5.75 Å². The molecule has 1 unspecified atom stereocenters. The highest BCUT2D eigenvalue weighted by Gasteiger charge is 2.26. The lowest BCUT2D eigenvalue weighted by Crippen LogP contribution is -2.19. The average Bonchev–Trinajstić information content (AvgIpc) is 2.33. The summed E-state index contributed by atoms with van der Waals surface area (Å²) in [4.78, 5) is 0. The summed E-state index contributed by atoms with van der Waals surface area (Å²) in [6, 6.07) is 6.69. The minimum Gasteiger partial charge on any atom is -0.491 e. The van der Waals surface area contributed by atoms with Gasteiger partial charge in [-0.25, -0.2) is 0 Å². The predicted molar refractivity (Wildman–Crippen MR) is 70.6 cm³/mol. The van der Waals surface area contributed by atoms with Gasteiger partial charge < -0.3 is 15.2 Å². The molecule has 0 radical (unpaired) electrons. The Morgan fingerprint density at radius 1 is 1.15 bits per heavy atom. The van der Waals surface area contributed by atoms with Crippen molar-refractivity contribution < 1.29 is 22.6 Å². The Hall–Kier alpha value is -1.27. The zero-order valence-electron chi connectivity index (χ0n) is 11.6. The largest absolute Gasteiger partial charge is 0.491 e. The Bertz CT molecular complexity index is 390. The molecule has 0 amide bonds. The Morgan fingerprint density at radius 2 is 1.75 bits per heavy atom. The molecule has 2 N–H and O–H groups in total. The summed E-state index contributed by atoms with van der Waals surface area (Å²) in [5.74, 6) is 0.730. The zero-order chi connectivity index (χ0) is 15.2. The van der Waals surface area contributed by atoms with Crippen LogP contribution in [0.4, 0.5) is 13.2 Å². The van der Waals surface area contributed by atoms with Crippen LogP contribution in [0.3, 0.4) is 0 Å². The predicted octanol–water partition coefficient (Wildman–Crippen LogP) is 3.44. The number of halogens is 3. The number of rotatable bonds is 7. The van der Waals surface area contributed by atoms with Gasteiger partial charge in [0.2, 0.25) is 0 Å². The van der Waals surface area contributed by atoms with Crippen LogP contribution in [-0.2, 0) is 4.74 Å². The van der Waals surface area contributed by atoms with Gasteiger partial charge in [-0.2, -0.15) is 13.2 Å². The van der Waals surface area contributed by atoms with E-state index in [4.69, 9.17) is 15.2 Å². The molecule has 0 aliphatic heterocycles. The highest BCUT2D eigenvalue weighted by atomic mass is 19.4. The molecule has 6 heteroatoms. The molecule has 114 valence electrons. The summed E-state index contributed by atoms with van der Waals surface area (Å²) in [6.07, 6.45) is -5.07. The molecule has 1 aromatic carbocycles. The summed E-state index contributed by atoms with van der Waals surface area (Å²) in [5.41, 5.74) is 6.65. The summed E-state index contributed by atoms with van der Waals surface area (Å²) in [7, 11) is 0. The van der Waals surface area contributed by atoms with Gasteiger partial charge in [0.1, 0.15) is 5.75 Å². The van der Waals surface area contributed by atoms with Crippen molar-refractivity contribution in [3.63, 3.8) is 0 Å². The topological polar surface area (TPSA) is 44.5 Å². The van der Waals surface area contributed by atoms with Crippen molar-refractivity contribution in [2.75, 3.05) is 13.2 Å². The molecule has 20 heavy (non-hydrogen) atoms. The number of nitrogens with two attached hydrogens (primary N) is 1. The van der Waals surface area contributed by atoms with E-state index in [0.29, 0.717) is 0 Å². The van der Waals surface area contributed by atoms with Crippen molar-refractivity contribution in [2.24, 2.45) is 5.73 Å². The Morgan fingerprint density at radius 3 is 2.25 bits per heavy atom. The highest BCUT2D eigenvalue weighted by molar-refractivity contribution is 5.29. The van der Waals surface area contributed by atoms with E-state index in [-0.39, 0.29) is 19.3 Å². The van der Waals surface area contributed by atoms with Gasteiger partial charge in [-0.1, -0.05) is 12.1 Å². The van der Waals surface area contributed by atoms with Gasteiger partial charge >= 0.3 is 6.18 Å². The first kappa shape index (κ1) is 16.8. The molecular formula is C14H20F3NO2. The van der Waals surface area contributed by atoms with Gasteiger partial charge in [0, 0.05) is 0 Å². The van der Waals surface area contributed by atoms with Crippen LogP contribution in [0, 0.1) is 0 Å². The van der Waals surface area contributed by atoms with Crippen LogP contribution >= 0.6 is 0 Å². The first-order valence-electron chi connectivity index (χ1n) is 6.44. The molecule has 1 rings (SSSR count). The van der Waals surface area contributed by atoms with Gasteiger partial charge in [-0.05, 0) is 31.5 Å². The van der Waals surface area contributed by atoms with Crippen LogP contribution in [0.1, 0.15) is 31.9 Å². The standard InChI is InChI=1S/C14H20F3NO2/c1-10(2)20-12-5-3-11(4-6-12)13(18)9-19-8-7-14(15,16)17/h3-6,10,13H,7-9,18H2,1-2H3. The van der Waals surface area contributed by atoms with E-state index in [2.05, 4.69) is 0 Å². The fraction of sp³-hybridized carbons (Fsp3) is 0.571. The van der Waals surface area contributed by atoms with E-state index in [1.165, 1.54) is 0 Å². The van der Waals surface area contributed by atoms with Crippen molar-refractivity contribution in [2.45, 2.75) is 38.6 Å². The molecule has 0 fully saturated rings. The van der Waals surface area contributed by atoms with Crippen LogP contribution in [0.2, 0.25) is 0 Å². The van der Waals surface area contributed by atoms with Crippen LogP contribution in [0.15, 0.2) is 24.3 Å². The smallest absolute Gasteiger partial charge is 0.391 e. The number of hydrogen-bond donors (Lipinski definition) is 1. The second kappa shape index (κ2) is 7.50. The van der Waals surface area contributed by atoms with Gasteiger partial charge in [0.15, 0.2) is 0 Å². The van der Waals surface area contributed by atoms with E-state index in [9.17, 15) is 13.2 Å². The van der Waals surface area contributed by atoms with Crippen molar-refractivity contribution in [1.82, 2.24) is 0 Å². The molecule has 0 aliphatic carbocycles. The van der Waals surface area contributed by atoms with Crippen molar-refractivity contribution in [1.29, 1.82) is 0 Å². The monoisotopic (exact) mass is 291 g/mol. The summed E-state index contributed by atoms with van der Waals surface area (Å²) in [5, 5.41) is 0. The first-order chi connectivity index (χ1) is 9.28. The molecule has 0 spiro atoms. The third-order valence-electron chi connectivity index (χ3n) is 2.51. The van der Waals surface area contributed by atoms with E-state index < -0.39 is 18.6 Å². The number of alkyl halides is 3. The molecule has 1 atom stereocenters. The Kier molecular flexibility index (Phi) is 6.29. The first-order valence-corrected chi connectivity index (χ1v) is 6.44. The van der Waals surface area contributed by atoms with E-state index >= 15 is 0 Å².